The lowest BCUT2D eigenvalue weighted by atomic mass is 10.0. The van der Waals surface area contributed by atoms with Crippen LogP contribution >= 0.6 is 0 Å². The van der Waals surface area contributed by atoms with Gasteiger partial charge in [0.05, 0.1) is 0 Å². The second-order valence-corrected chi connectivity index (χ2v) is 6.85. The molecule has 5 nitrogen and oxygen atoms in total. The first-order valence-corrected chi connectivity index (χ1v) is 9.10. The van der Waals surface area contributed by atoms with Gasteiger partial charge in [0.2, 0.25) is 0 Å². The first-order chi connectivity index (χ1) is 13.4. The lowest BCUT2D eigenvalue weighted by Gasteiger charge is -2.13. The minimum absolute atomic E-state index is 0.228. The van der Waals surface area contributed by atoms with E-state index in [0.717, 1.165) is 27.9 Å². The quantitative estimate of drug-likeness (QED) is 0.704. The zero-order valence-corrected chi connectivity index (χ0v) is 16.2. The summed E-state index contributed by atoms with van der Waals surface area (Å²) in [4.78, 5) is 29.1. The van der Waals surface area contributed by atoms with Crippen LogP contribution in [0.3, 0.4) is 0 Å². The van der Waals surface area contributed by atoms with Crippen molar-refractivity contribution in [2.75, 3.05) is 5.32 Å². The van der Waals surface area contributed by atoms with Gasteiger partial charge in [0.15, 0.2) is 0 Å². The van der Waals surface area contributed by atoms with Crippen LogP contribution in [0, 0.1) is 20.8 Å². The fraction of sp³-hybridized carbons (Fsp3) is 0.174. The number of nitrogens with zero attached hydrogens (tertiary/aromatic N) is 1. The van der Waals surface area contributed by atoms with Gasteiger partial charge in [0.1, 0.15) is 0 Å². The second kappa shape index (κ2) is 8.48. The molecule has 3 rings (SSSR count). The van der Waals surface area contributed by atoms with Gasteiger partial charge in [-0.1, -0.05) is 23.8 Å². The molecular formula is C23H23N3O2. The standard InChI is InChI=1S/C23H23N3O2/c1-15-11-16(2)21(17(3)12-15)26-23(28)20-6-4-5-19(13-20)22(27)25-14-18-7-9-24-10-8-18/h4-13H,14H2,1-3H3,(H,25,27)(H,26,28). The van der Waals surface area contributed by atoms with Crippen LogP contribution in [0.15, 0.2) is 60.9 Å². The Morgan fingerprint density at radius 2 is 1.46 bits per heavy atom. The van der Waals surface area contributed by atoms with Crippen LogP contribution in [0.2, 0.25) is 0 Å². The Kier molecular flexibility index (Phi) is 5.84. The Morgan fingerprint density at radius 1 is 0.857 bits per heavy atom. The van der Waals surface area contributed by atoms with E-state index in [1.807, 2.05) is 45.0 Å². The van der Waals surface area contributed by atoms with Crippen LogP contribution in [0.4, 0.5) is 5.69 Å². The smallest absolute Gasteiger partial charge is 0.255 e. The molecule has 0 spiro atoms. The zero-order valence-electron chi connectivity index (χ0n) is 16.2. The Morgan fingerprint density at radius 3 is 2.11 bits per heavy atom. The third kappa shape index (κ3) is 4.62. The second-order valence-electron chi connectivity index (χ2n) is 6.85. The number of carbonyl (C=O) groups excluding carboxylic acids is 2. The van der Waals surface area contributed by atoms with E-state index in [1.165, 1.54) is 0 Å². The van der Waals surface area contributed by atoms with Gasteiger partial charge < -0.3 is 10.6 Å². The number of aryl methyl sites for hydroxylation is 3. The highest BCUT2D eigenvalue weighted by atomic mass is 16.2. The maximum atomic E-state index is 12.7. The molecule has 3 aromatic rings. The van der Waals surface area contributed by atoms with E-state index >= 15 is 0 Å². The molecule has 0 bridgehead atoms. The fourth-order valence-electron chi connectivity index (χ4n) is 3.15. The minimum atomic E-state index is -0.237. The molecule has 2 amide bonds. The summed E-state index contributed by atoms with van der Waals surface area (Å²) < 4.78 is 0. The van der Waals surface area contributed by atoms with Crippen LogP contribution in [-0.2, 0) is 6.54 Å². The monoisotopic (exact) mass is 373 g/mol. The van der Waals surface area contributed by atoms with Gasteiger partial charge in [-0.15, -0.1) is 0 Å². The Labute approximate surface area is 164 Å². The van der Waals surface area contributed by atoms with Gasteiger partial charge in [0.25, 0.3) is 11.8 Å². The number of rotatable bonds is 5. The highest BCUT2D eigenvalue weighted by molar-refractivity contribution is 6.06. The van der Waals surface area contributed by atoms with Crippen molar-refractivity contribution in [3.8, 4) is 0 Å². The topological polar surface area (TPSA) is 71.1 Å². The number of benzene rings is 2. The Hall–Kier alpha value is -3.47. The molecular weight excluding hydrogens is 350 g/mol. The molecule has 0 aliphatic heterocycles. The van der Waals surface area contributed by atoms with E-state index in [1.54, 1.807) is 36.7 Å². The van der Waals surface area contributed by atoms with Gasteiger partial charge in [-0.3, -0.25) is 14.6 Å². The summed E-state index contributed by atoms with van der Waals surface area (Å²) in [6.07, 6.45) is 3.36. The molecule has 142 valence electrons. The average Bonchev–Trinajstić information content (AvgIpc) is 2.69. The normalized spacial score (nSPS) is 10.4. The summed E-state index contributed by atoms with van der Waals surface area (Å²) in [5, 5.41) is 5.83. The van der Waals surface area contributed by atoms with E-state index < -0.39 is 0 Å². The van der Waals surface area contributed by atoms with Crippen molar-refractivity contribution < 1.29 is 9.59 Å². The first kappa shape index (κ1) is 19.3. The number of amides is 2. The molecule has 0 aliphatic rings. The molecule has 0 radical (unpaired) electrons. The first-order valence-electron chi connectivity index (χ1n) is 9.10. The molecule has 0 atom stereocenters. The lowest BCUT2D eigenvalue weighted by Crippen LogP contribution is -2.23. The molecule has 0 saturated carbocycles. The summed E-state index contributed by atoms with van der Waals surface area (Å²) in [5.41, 5.74) is 5.83. The number of anilines is 1. The van der Waals surface area contributed by atoms with Gasteiger partial charge in [-0.25, -0.2) is 0 Å². The molecule has 0 fully saturated rings. The molecule has 1 heterocycles. The van der Waals surface area contributed by atoms with E-state index in [9.17, 15) is 9.59 Å². The molecule has 0 aliphatic carbocycles. The number of pyridine rings is 1. The van der Waals surface area contributed by atoms with E-state index in [0.29, 0.717) is 17.7 Å². The largest absolute Gasteiger partial charge is 0.348 e. The van der Waals surface area contributed by atoms with Gasteiger partial charge in [0, 0.05) is 35.8 Å². The maximum Gasteiger partial charge on any atom is 0.255 e. The minimum Gasteiger partial charge on any atom is -0.348 e. The van der Waals surface area contributed by atoms with E-state index in [-0.39, 0.29) is 11.8 Å². The lowest BCUT2D eigenvalue weighted by molar-refractivity contribution is 0.0951. The van der Waals surface area contributed by atoms with Crippen LogP contribution in [0.5, 0.6) is 0 Å². The SMILES string of the molecule is Cc1cc(C)c(NC(=O)c2cccc(C(=O)NCc3ccncc3)c2)c(C)c1. The van der Waals surface area contributed by atoms with Gasteiger partial charge in [-0.2, -0.15) is 0 Å². The number of hydrogen-bond acceptors (Lipinski definition) is 3. The summed E-state index contributed by atoms with van der Waals surface area (Å²) >= 11 is 0. The van der Waals surface area contributed by atoms with Crippen molar-refractivity contribution in [2.45, 2.75) is 27.3 Å². The van der Waals surface area contributed by atoms with E-state index in [2.05, 4.69) is 15.6 Å². The van der Waals surface area contributed by atoms with Crippen molar-refractivity contribution in [3.05, 3.63) is 94.3 Å². The highest BCUT2D eigenvalue weighted by Crippen LogP contribution is 2.22. The zero-order chi connectivity index (χ0) is 20.1. The number of hydrogen-bond donors (Lipinski definition) is 2. The van der Waals surface area contributed by atoms with Gasteiger partial charge >= 0.3 is 0 Å². The average molecular weight is 373 g/mol. The molecule has 0 unspecified atom stereocenters. The van der Waals surface area contributed by atoms with Crippen molar-refractivity contribution >= 4 is 17.5 Å². The Bertz CT molecular complexity index is 990. The summed E-state index contributed by atoms with van der Waals surface area (Å²) in [5.74, 6) is -0.465. The summed E-state index contributed by atoms with van der Waals surface area (Å²) in [6.45, 7) is 6.37. The van der Waals surface area contributed by atoms with Crippen molar-refractivity contribution in [2.24, 2.45) is 0 Å². The number of aromatic nitrogens is 1. The van der Waals surface area contributed by atoms with Crippen LogP contribution in [0.25, 0.3) is 0 Å². The van der Waals surface area contributed by atoms with E-state index in [4.69, 9.17) is 0 Å². The fourth-order valence-corrected chi connectivity index (χ4v) is 3.15. The van der Waals surface area contributed by atoms with Crippen LogP contribution < -0.4 is 10.6 Å². The number of carbonyl (C=O) groups is 2. The Balaban J connectivity index is 1.72. The predicted octanol–water partition coefficient (Wildman–Crippen LogP) is 4.19. The third-order valence-electron chi connectivity index (χ3n) is 4.50. The van der Waals surface area contributed by atoms with Crippen molar-refractivity contribution in [1.82, 2.24) is 10.3 Å². The predicted molar refractivity (Wildman–Crippen MR) is 110 cm³/mol. The molecule has 5 heteroatoms. The maximum absolute atomic E-state index is 12.7. The summed E-state index contributed by atoms with van der Waals surface area (Å²) in [6, 6.07) is 14.5. The van der Waals surface area contributed by atoms with Crippen LogP contribution in [0.1, 0.15) is 43.0 Å². The molecule has 0 saturated heterocycles. The van der Waals surface area contributed by atoms with Crippen molar-refractivity contribution in [3.63, 3.8) is 0 Å². The highest BCUT2D eigenvalue weighted by Gasteiger charge is 2.13. The molecule has 1 aromatic heterocycles. The third-order valence-corrected chi connectivity index (χ3v) is 4.50. The van der Waals surface area contributed by atoms with Gasteiger partial charge in [-0.05, 0) is 67.8 Å². The van der Waals surface area contributed by atoms with Crippen molar-refractivity contribution in [1.29, 1.82) is 0 Å². The van der Waals surface area contributed by atoms with Crippen LogP contribution in [-0.4, -0.2) is 16.8 Å². The molecule has 28 heavy (non-hydrogen) atoms. The molecule has 2 aromatic carbocycles. The summed E-state index contributed by atoms with van der Waals surface area (Å²) in [7, 11) is 0. The number of nitrogens with one attached hydrogen (secondary N) is 2. The molecule has 2 N–H and O–H groups in total.